The zero-order chi connectivity index (χ0) is 12.5. The standard InChI is InChI=1S/C14H13ClINO/c15-9-4-5-13(11(16)8-9)17-12-2-1-3-14-10(12)6-7-18-14/h4-8,12,17H,1-3H2. The van der Waals surface area contributed by atoms with Gasteiger partial charge in [-0.3, -0.25) is 0 Å². The maximum absolute atomic E-state index is 5.98. The molecule has 94 valence electrons. The van der Waals surface area contributed by atoms with E-state index in [0.29, 0.717) is 6.04 Å². The van der Waals surface area contributed by atoms with Gasteiger partial charge in [0.2, 0.25) is 0 Å². The molecular formula is C14H13ClINO. The largest absolute Gasteiger partial charge is 0.469 e. The third-order valence-electron chi connectivity index (χ3n) is 3.31. The molecule has 0 saturated carbocycles. The van der Waals surface area contributed by atoms with Crippen molar-refractivity contribution in [3.8, 4) is 0 Å². The second-order valence-corrected chi connectivity index (χ2v) is 6.11. The van der Waals surface area contributed by atoms with Crippen LogP contribution in [0.15, 0.2) is 34.9 Å². The number of furan rings is 1. The van der Waals surface area contributed by atoms with Crippen molar-refractivity contribution in [2.24, 2.45) is 0 Å². The van der Waals surface area contributed by atoms with Gasteiger partial charge in [-0.15, -0.1) is 0 Å². The number of anilines is 1. The summed E-state index contributed by atoms with van der Waals surface area (Å²) < 4.78 is 6.66. The van der Waals surface area contributed by atoms with Crippen LogP contribution in [0.1, 0.15) is 30.2 Å². The van der Waals surface area contributed by atoms with Crippen LogP contribution in [0, 0.1) is 3.57 Å². The zero-order valence-corrected chi connectivity index (χ0v) is 12.7. The van der Waals surface area contributed by atoms with Crippen LogP contribution in [-0.2, 0) is 6.42 Å². The van der Waals surface area contributed by atoms with Gasteiger partial charge >= 0.3 is 0 Å². The van der Waals surface area contributed by atoms with E-state index in [4.69, 9.17) is 16.0 Å². The van der Waals surface area contributed by atoms with Gasteiger partial charge in [-0.1, -0.05) is 11.6 Å². The zero-order valence-electron chi connectivity index (χ0n) is 9.75. The lowest BCUT2D eigenvalue weighted by Crippen LogP contribution is -2.16. The van der Waals surface area contributed by atoms with Crippen LogP contribution in [0.4, 0.5) is 5.69 Å². The van der Waals surface area contributed by atoms with Crippen LogP contribution in [0.3, 0.4) is 0 Å². The van der Waals surface area contributed by atoms with E-state index < -0.39 is 0 Å². The smallest absolute Gasteiger partial charge is 0.109 e. The summed E-state index contributed by atoms with van der Waals surface area (Å²) in [5.41, 5.74) is 2.44. The van der Waals surface area contributed by atoms with Crippen molar-refractivity contribution in [2.75, 3.05) is 5.32 Å². The molecule has 0 aliphatic heterocycles. The van der Waals surface area contributed by atoms with Gasteiger partial charge in [0.25, 0.3) is 0 Å². The van der Waals surface area contributed by atoms with E-state index in [0.717, 1.165) is 32.9 Å². The molecule has 0 fully saturated rings. The Bertz CT molecular complexity index is 567. The van der Waals surface area contributed by atoms with Gasteiger partial charge in [-0.05, 0) is 59.7 Å². The third-order valence-corrected chi connectivity index (χ3v) is 4.44. The predicted molar refractivity (Wildman–Crippen MR) is 82.2 cm³/mol. The highest BCUT2D eigenvalue weighted by atomic mass is 127. The topological polar surface area (TPSA) is 25.2 Å². The molecule has 1 aromatic heterocycles. The van der Waals surface area contributed by atoms with Crippen molar-refractivity contribution in [1.29, 1.82) is 0 Å². The average Bonchev–Trinajstić information content (AvgIpc) is 2.82. The van der Waals surface area contributed by atoms with Crippen LogP contribution in [0.5, 0.6) is 0 Å². The summed E-state index contributed by atoms with van der Waals surface area (Å²) in [6.45, 7) is 0. The number of fused-ring (bicyclic) bond motifs is 1. The summed E-state index contributed by atoms with van der Waals surface area (Å²) in [7, 11) is 0. The molecule has 2 aromatic rings. The summed E-state index contributed by atoms with van der Waals surface area (Å²) in [4.78, 5) is 0. The normalized spacial score (nSPS) is 18.4. The van der Waals surface area contributed by atoms with Crippen molar-refractivity contribution >= 4 is 39.9 Å². The van der Waals surface area contributed by atoms with E-state index in [1.807, 2.05) is 18.2 Å². The first kappa shape index (κ1) is 12.4. The second kappa shape index (κ2) is 5.13. The number of rotatable bonds is 2. The summed E-state index contributed by atoms with van der Waals surface area (Å²) in [6, 6.07) is 8.37. The molecule has 2 nitrogen and oxygen atoms in total. The number of nitrogens with one attached hydrogen (secondary N) is 1. The lowest BCUT2D eigenvalue weighted by atomic mass is 9.93. The molecule has 0 radical (unpaired) electrons. The van der Waals surface area contributed by atoms with E-state index in [1.165, 1.54) is 12.0 Å². The van der Waals surface area contributed by atoms with Crippen molar-refractivity contribution in [1.82, 2.24) is 0 Å². The lowest BCUT2D eigenvalue weighted by Gasteiger charge is -2.24. The molecular weight excluding hydrogens is 361 g/mol. The van der Waals surface area contributed by atoms with Crippen LogP contribution >= 0.6 is 34.2 Å². The van der Waals surface area contributed by atoms with Crippen molar-refractivity contribution in [3.63, 3.8) is 0 Å². The number of hydrogen-bond donors (Lipinski definition) is 1. The fourth-order valence-electron chi connectivity index (χ4n) is 2.43. The quantitative estimate of drug-likeness (QED) is 0.747. The van der Waals surface area contributed by atoms with Crippen LogP contribution < -0.4 is 5.32 Å². The first-order chi connectivity index (χ1) is 8.74. The first-order valence-corrected chi connectivity index (χ1v) is 7.47. The van der Waals surface area contributed by atoms with Crippen LogP contribution in [0.25, 0.3) is 0 Å². The number of aryl methyl sites for hydroxylation is 1. The minimum atomic E-state index is 0.349. The monoisotopic (exact) mass is 373 g/mol. The van der Waals surface area contributed by atoms with Crippen LogP contribution in [-0.4, -0.2) is 0 Å². The van der Waals surface area contributed by atoms with E-state index >= 15 is 0 Å². The lowest BCUT2D eigenvalue weighted by molar-refractivity contribution is 0.461. The Hall–Kier alpha value is -0.680. The molecule has 0 amide bonds. The van der Waals surface area contributed by atoms with E-state index in [1.54, 1.807) is 6.26 Å². The molecule has 1 N–H and O–H groups in total. The highest BCUT2D eigenvalue weighted by Gasteiger charge is 2.22. The van der Waals surface area contributed by atoms with Gasteiger partial charge in [0.15, 0.2) is 0 Å². The molecule has 18 heavy (non-hydrogen) atoms. The minimum absolute atomic E-state index is 0.349. The van der Waals surface area contributed by atoms with Gasteiger partial charge in [-0.25, -0.2) is 0 Å². The van der Waals surface area contributed by atoms with Gasteiger partial charge in [0.1, 0.15) is 5.76 Å². The van der Waals surface area contributed by atoms with Gasteiger partial charge in [-0.2, -0.15) is 0 Å². The summed E-state index contributed by atoms with van der Waals surface area (Å²) in [5.74, 6) is 1.13. The number of benzene rings is 1. The maximum atomic E-state index is 5.98. The van der Waals surface area contributed by atoms with Crippen molar-refractivity contribution in [2.45, 2.75) is 25.3 Å². The van der Waals surface area contributed by atoms with E-state index in [-0.39, 0.29) is 0 Å². The van der Waals surface area contributed by atoms with Crippen molar-refractivity contribution in [3.05, 3.63) is 50.4 Å². The van der Waals surface area contributed by atoms with Crippen molar-refractivity contribution < 1.29 is 4.42 Å². The Morgan fingerprint density at radius 3 is 3.06 bits per heavy atom. The van der Waals surface area contributed by atoms with E-state index in [2.05, 4.69) is 34.0 Å². The molecule has 1 atom stereocenters. The highest BCUT2D eigenvalue weighted by Crippen LogP contribution is 2.34. The summed E-state index contributed by atoms with van der Waals surface area (Å²) >= 11 is 8.29. The van der Waals surface area contributed by atoms with Gasteiger partial charge < -0.3 is 9.73 Å². The van der Waals surface area contributed by atoms with E-state index in [9.17, 15) is 0 Å². The predicted octanol–water partition coefficient (Wildman–Crippen LogP) is 5.03. The third kappa shape index (κ3) is 2.38. The summed E-state index contributed by atoms with van der Waals surface area (Å²) in [6.07, 6.45) is 5.16. The molecule has 1 unspecified atom stereocenters. The van der Waals surface area contributed by atoms with Crippen LogP contribution in [0.2, 0.25) is 5.02 Å². The fraction of sp³-hybridized carbons (Fsp3) is 0.286. The van der Waals surface area contributed by atoms with Gasteiger partial charge in [0, 0.05) is 26.3 Å². The molecule has 0 saturated heterocycles. The Balaban J connectivity index is 1.86. The average molecular weight is 374 g/mol. The highest BCUT2D eigenvalue weighted by molar-refractivity contribution is 14.1. The van der Waals surface area contributed by atoms with Gasteiger partial charge in [0.05, 0.1) is 12.3 Å². The summed E-state index contributed by atoms with van der Waals surface area (Å²) in [5, 5.41) is 4.37. The molecule has 1 heterocycles. The molecule has 1 aliphatic rings. The number of halogens is 2. The molecule has 3 rings (SSSR count). The SMILES string of the molecule is Clc1ccc(NC2CCCc3occc32)c(I)c1. The Morgan fingerprint density at radius 2 is 2.22 bits per heavy atom. The maximum Gasteiger partial charge on any atom is 0.109 e. The molecule has 4 heteroatoms. The Labute approximate surface area is 125 Å². The fourth-order valence-corrected chi connectivity index (χ4v) is 3.46. The number of hydrogen-bond acceptors (Lipinski definition) is 2. The first-order valence-electron chi connectivity index (χ1n) is 6.02. The molecule has 0 bridgehead atoms. The molecule has 1 aliphatic carbocycles. The Morgan fingerprint density at radius 1 is 1.33 bits per heavy atom. The molecule has 1 aromatic carbocycles. The second-order valence-electron chi connectivity index (χ2n) is 4.51. The molecule has 0 spiro atoms. The Kier molecular flexibility index (Phi) is 3.52. The minimum Gasteiger partial charge on any atom is -0.469 e.